The van der Waals surface area contributed by atoms with Crippen LogP contribution in [0.4, 0.5) is 0 Å². The first kappa shape index (κ1) is 33.3. The predicted molar refractivity (Wildman–Crippen MR) is 177 cm³/mol. The summed E-state index contributed by atoms with van der Waals surface area (Å²) in [6.07, 6.45) is 1.19. The van der Waals surface area contributed by atoms with Crippen LogP contribution in [0.2, 0.25) is 0 Å². The van der Waals surface area contributed by atoms with Crippen LogP contribution >= 0.6 is 0 Å². The van der Waals surface area contributed by atoms with E-state index in [2.05, 4.69) is 26.6 Å². The number of carbonyl (C=O) groups excluding carboxylic acids is 5. The molecule has 49 heavy (non-hydrogen) atoms. The third-order valence-electron chi connectivity index (χ3n) is 8.66. The molecule has 3 atom stereocenters. The summed E-state index contributed by atoms with van der Waals surface area (Å²) >= 11 is 0. The van der Waals surface area contributed by atoms with Crippen LogP contribution in [0.15, 0.2) is 72.8 Å². The van der Waals surface area contributed by atoms with E-state index in [1.54, 1.807) is 42.5 Å². The van der Waals surface area contributed by atoms with Crippen molar-refractivity contribution in [3.05, 3.63) is 89.5 Å². The molecule has 1 spiro atoms. The van der Waals surface area contributed by atoms with Crippen LogP contribution in [-0.4, -0.2) is 79.6 Å². The second-order valence-corrected chi connectivity index (χ2v) is 12.4. The molecule has 0 saturated heterocycles. The molecule has 1 aliphatic carbocycles. The molecule has 5 N–H and O–H groups in total. The number of rotatable bonds is 4. The van der Waals surface area contributed by atoms with E-state index in [-0.39, 0.29) is 37.5 Å². The largest absolute Gasteiger partial charge is 0.492 e. The molecular formula is C36H39N5O8. The Hall–Kier alpha value is -5.59. The Labute approximate surface area is 283 Å². The second-order valence-electron chi connectivity index (χ2n) is 12.4. The van der Waals surface area contributed by atoms with Crippen molar-refractivity contribution in [2.45, 2.75) is 56.3 Å². The SMILES string of the molecule is C[C@@H]1NC(=O)[C@@H](NC(=O)c2ccc3c(c2)OCCO3)Cc2ccc(cc2)OCCNC(=O)C2(CC2)NC(=O)[C@@H](Cc2ccccc2)NC1=O. The summed E-state index contributed by atoms with van der Waals surface area (Å²) in [6.45, 7) is 2.67. The topological polar surface area (TPSA) is 173 Å². The summed E-state index contributed by atoms with van der Waals surface area (Å²) < 4.78 is 17.0. The van der Waals surface area contributed by atoms with E-state index in [9.17, 15) is 24.0 Å². The first-order chi connectivity index (χ1) is 23.7. The van der Waals surface area contributed by atoms with E-state index in [0.29, 0.717) is 43.3 Å². The van der Waals surface area contributed by atoms with Crippen LogP contribution in [0, 0.1) is 0 Å². The zero-order valence-electron chi connectivity index (χ0n) is 27.1. The van der Waals surface area contributed by atoms with Gasteiger partial charge < -0.3 is 40.8 Å². The van der Waals surface area contributed by atoms with Gasteiger partial charge in [-0.3, -0.25) is 24.0 Å². The zero-order valence-corrected chi connectivity index (χ0v) is 27.1. The summed E-state index contributed by atoms with van der Waals surface area (Å²) in [7, 11) is 0. The molecular weight excluding hydrogens is 630 g/mol. The zero-order chi connectivity index (χ0) is 34.4. The molecule has 1 saturated carbocycles. The van der Waals surface area contributed by atoms with Crippen LogP contribution in [-0.2, 0) is 32.0 Å². The standard InChI is InChI=1S/C36H39N5O8/c1-22-31(42)39-28(19-23-5-3-2-4-6-23)34(45)41-36(13-14-36)35(46)37-15-16-47-26-10-7-24(8-11-26)20-27(33(44)38-22)40-32(43)25-9-12-29-30(21-25)49-18-17-48-29/h2-12,21-22,27-28H,13-20H2,1H3,(H,37,46)(H,38,44)(H,39,42)(H,40,43)(H,41,45)/t22-,27-,28+/m0/s1. The van der Waals surface area contributed by atoms with E-state index in [1.807, 2.05) is 30.3 Å². The van der Waals surface area contributed by atoms with Crippen molar-refractivity contribution in [2.24, 2.45) is 0 Å². The number of fused-ring (bicyclic) bond motifs is 16. The van der Waals surface area contributed by atoms with Crippen molar-refractivity contribution in [1.29, 1.82) is 0 Å². The Bertz CT molecular complexity index is 1710. The van der Waals surface area contributed by atoms with Crippen molar-refractivity contribution < 1.29 is 38.2 Å². The lowest BCUT2D eigenvalue weighted by Gasteiger charge is -2.26. The van der Waals surface area contributed by atoms with Crippen molar-refractivity contribution in [1.82, 2.24) is 26.6 Å². The van der Waals surface area contributed by atoms with Crippen molar-refractivity contribution >= 4 is 29.5 Å². The molecule has 4 aliphatic rings. The first-order valence-electron chi connectivity index (χ1n) is 16.4. The van der Waals surface area contributed by atoms with Gasteiger partial charge in [-0.05, 0) is 61.2 Å². The van der Waals surface area contributed by atoms with Gasteiger partial charge in [-0.1, -0.05) is 42.5 Å². The van der Waals surface area contributed by atoms with Gasteiger partial charge in [-0.15, -0.1) is 0 Å². The number of nitrogens with one attached hydrogen (secondary N) is 5. The molecule has 0 unspecified atom stereocenters. The number of carbonyl (C=O) groups is 5. The van der Waals surface area contributed by atoms with Crippen LogP contribution < -0.4 is 40.8 Å². The molecule has 3 aromatic rings. The minimum Gasteiger partial charge on any atom is -0.492 e. The number of ether oxygens (including phenoxy) is 3. The van der Waals surface area contributed by atoms with Gasteiger partial charge in [-0.2, -0.15) is 0 Å². The van der Waals surface area contributed by atoms with Gasteiger partial charge >= 0.3 is 0 Å². The van der Waals surface area contributed by atoms with E-state index < -0.39 is 47.3 Å². The predicted octanol–water partition coefficient (Wildman–Crippen LogP) is 1.19. The average molecular weight is 670 g/mol. The maximum Gasteiger partial charge on any atom is 0.252 e. The number of hydrogen-bond donors (Lipinski definition) is 5. The van der Waals surface area contributed by atoms with Gasteiger partial charge in [0.05, 0.1) is 6.54 Å². The van der Waals surface area contributed by atoms with Crippen molar-refractivity contribution in [3.63, 3.8) is 0 Å². The minimum absolute atomic E-state index is 0.105. The number of amides is 5. The van der Waals surface area contributed by atoms with Gasteiger partial charge in [0.25, 0.3) is 5.91 Å². The molecule has 13 nitrogen and oxygen atoms in total. The number of hydrogen-bond acceptors (Lipinski definition) is 8. The van der Waals surface area contributed by atoms with Crippen LogP contribution in [0.3, 0.4) is 0 Å². The fourth-order valence-electron chi connectivity index (χ4n) is 5.69. The molecule has 3 aliphatic heterocycles. The van der Waals surface area contributed by atoms with Crippen LogP contribution in [0.1, 0.15) is 41.3 Å². The Balaban J connectivity index is 1.23. The van der Waals surface area contributed by atoms with Crippen LogP contribution in [0.5, 0.6) is 17.2 Å². The van der Waals surface area contributed by atoms with E-state index >= 15 is 0 Å². The Morgan fingerprint density at radius 1 is 0.816 bits per heavy atom. The van der Waals surface area contributed by atoms with Crippen molar-refractivity contribution in [2.75, 3.05) is 26.4 Å². The molecule has 13 heteroatoms. The first-order valence-corrected chi connectivity index (χ1v) is 16.4. The summed E-state index contributed by atoms with van der Waals surface area (Å²) in [5.74, 6) is -1.04. The highest BCUT2D eigenvalue weighted by Gasteiger charge is 2.51. The fourth-order valence-corrected chi connectivity index (χ4v) is 5.69. The number of benzene rings is 3. The Morgan fingerprint density at radius 2 is 1.55 bits per heavy atom. The van der Waals surface area contributed by atoms with E-state index in [1.165, 1.54) is 6.92 Å². The smallest absolute Gasteiger partial charge is 0.252 e. The highest BCUT2D eigenvalue weighted by atomic mass is 16.6. The van der Waals surface area contributed by atoms with Crippen molar-refractivity contribution in [3.8, 4) is 17.2 Å². The lowest BCUT2D eigenvalue weighted by atomic mass is 10.0. The third kappa shape index (κ3) is 8.29. The quantitative estimate of drug-likeness (QED) is 0.258. The fraction of sp³-hybridized carbons (Fsp3) is 0.361. The molecule has 0 radical (unpaired) electrons. The maximum atomic E-state index is 13.7. The second kappa shape index (κ2) is 14.7. The molecule has 5 amide bonds. The maximum absolute atomic E-state index is 13.7. The van der Waals surface area contributed by atoms with E-state index in [0.717, 1.165) is 11.1 Å². The lowest BCUT2D eigenvalue weighted by Crippen LogP contribution is -2.59. The lowest BCUT2D eigenvalue weighted by molar-refractivity contribution is -0.134. The highest BCUT2D eigenvalue weighted by Crippen LogP contribution is 2.36. The van der Waals surface area contributed by atoms with Gasteiger partial charge in [0.15, 0.2) is 11.5 Å². The summed E-state index contributed by atoms with van der Waals surface area (Å²) in [5.41, 5.74) is 0.730. The normalized spacial score (nSPS) is 22.4. The molecule has 7 rings (SSSR count). The molecule has 3 aromatic carbocycles. The summed E-state index contributed by atoms with van der Waals surface area (Å²) in [6, 6.07) is 17.8. The van der Waals surface area contributed by atoms with Crippen LogP contribution in [0.25, 0.3) is 0 Å². The highest BCUT2D eigenvalue weighted by molar-refractivity contribution is 6.00. The van der Waals surface area contributed by atoms with Gasteiger partial charge in [-0.25, -0.2) is 0 Å². The minimum atomic E-state index is -1.08. The molecule has 3 heterocycles. The molecule has 1 fully saturated rings. The summed E-state index contributed by atoms with van der Waals surface area (Å²) in [4.78, 5) is 67.3. The molecule has 2 bridgehead atoms. The average Bonchev–Trinajstić information content (AvgIpc) is 3.90. The molecule has 0 aromatic heterocycles. The van der Waals surface area contributed by atoms with Gasteiger partial charge in [0.1, 0.15) is 49.2 Å². The Kier molecular flexibility index (Phi) is 9.97. The van der Waals surface area contributed by atoms with Gasteiger partial charge in [0, 0.05) is 18.4 Å². The third-order valence-corrected chi connectivity index (χ3v) is 8.66. The van der Waals surface area contributed by atoms with Gasteiger partial charge in [0.2, 0.25) is 23.6 Å². The Morgan fingerprint density at radius 3 is 2.29 bits per heavy atom. The monoisotopic (exact) mass is 669 g/mol. The molecule has 256 valence electrons. The summed E-state index contributed by atoms with van der Waals surface area (Å²) in [5, 5.41) is 14.0. The van der Waals surface area contributed by atoms with E-state index in [4.69, 9.17) is 14.2 Å².